The Bertz CT molecular complexity index is 320. The highest BCUT2D eigenvalue weighted by atomic mass is 32.1. The van der Waals surface area contributed by atoms with Crippen LogP contribution in [0, 0.1) is 5.41 Å². The summed E-state index contributed by atoms with van der Waals surface area (Å²) in [5.74, 6) is -0.112. The zero-order valence-electron chi connectivity index (χ0n) is 10.5. The van der Waals surface area contributed by atoms with Gasteiger partial charge in [0.1, 0.15) is 0 Å². The molecule has 3 N–H and O–H groups in total. The highest BCUT2D eigenvalue weighted by Crippen LogP contribution is 2.23. The molecule has 2 atom stereocenters. The van der Waals surface area contributed by atoms with Crippen molar-refractivity contribution in [2.75, 3.05) is 19.8 Å². The number of rotatable bonds is 3. The minimum atomic E-state index is -0.860. The Morgan fingerprint density at radius 2 is 2.24 bits per heavy atom. The highest BCUT2D eigenvalue weighted by Gasteiger charge is 2.39. The molecule has 1 amide bonds. The lowest BCUT2D eigenvalue weighted by Gasteiger charge is -2.41. The molecular formula is C11H20N2O3S. The van der Waals surface area contributed by atoms with E-state index in [0.717, 1.165) is 0 Å². The molecule has 1 heterocycles. The molecule has 0 aliphatic carbocycles. The third-order valence-corrected chi connectivity index (χ3v) is 3.63. The van der Waals surface area contributed by atoms with E-state index in [1.54, 1.807) is 18.7 Å². The number of thiocarbonyl (C=S) groups is 1. The summed E-state index contributed by atoms with van der Waals surface area (Å²) in [6, 6.07) is -0.0288. The third kappa shape index (κ3) is 2.94. The van der Waals surface area contributed by atoms with Gasteiger partial charge in [0.05, 0.1) is 35.8 Å². The van der Waals surface area contributed by atoms with Gasteiger partial charge in [-0.05, 0) is 20.8 Å². The standard InChI is InChI=1S/C11H20N2O3S/c1-7-6-16-8(5-14)4-13(7)10(15)11(2,3)9(12)17/h7-8,14H,4-6H2,1-3H3,(H2,12,17). The van der Waals surface area contributed by atoms with Crippen LogP contribution in [0.25, 0.3) is 0 Å². The van der Waals surface area contributed by atoms with Gasteiger partial charge in [0.25, 0.3) is 0 Å². The van der Waals surface area contributed by atoms with Crippen molar-refractivity contribution in [1.29, 1.82) is 0 Å². The molecule has 0 radical (unpaired) electrons. The summed E-state index contributed by atoms with van der Waals surface area (Å²) in [4.78, 5) is 14.2. The van der Waals surface area contributed by atoms with Crippen LogP contribution in [0.5, 0.6) is 0 Å². The van der Waals surface area contributed by atoms with Crippen LogP contribution in [-0.2, 0) is 9.53 Å². The minimum absolute atomic E-state index is 0.0288. The number of hydrogen-bond acceptors (Lipinski definition) is 4. The van der Waals surface area contributed by atoms with E-state index >= 15 is 0 Å². The molecule has 6 heteroatoms. The lowest BCUT2D eigenvalue weighted by molar-refractivity contribution is -0.151. The maximum atomic E-state index is 12.4. The summed E-state index contributed by atoms with van der Waals surface area (Å²) in [7, 11) is 0. The van der Waals surface area contributed by atoms with Gasteiger partial charge in [0.2, 0.25) is 5.91 Å². The fourth-order valence-corrected chi connectivity index (χ4v) is 1.76. The van der Waals surface area contributed by atoms with Crippen molar-refractivity contribution >= 4 is 23.1 Å². The van der Waals surface area contributed by atoms with Gasteiger partial charge in [-0.15, -0.1) is 0 Å². The Balaban J connectivity index is 2.83. The van der Waals surface area contributed by atoms with Crippen molar-refractivity contribution < 1.29 is 14.6 Å². The summed E-state index contributed by atoms with van der Waals surface area (Å²) in [5.41, 5.74) is 4.73. The molecular weight excluding hydrogens is 240 g/mol. The number of carbonyl (C=O) groups excluding carboxylic acids is 1. The summed E-state index contributed by atoms with van der Waals surface area (Å²) in [6.07, 6.45) is -0.322. The largest absolute Gasteiger partial charge is 0.394 e. The molecule has 1 fully saturated rings. The molecule has 98 valence electrons. The highest BCUT2D eigenvalue weighted by molar-refractivity contribution is 7.80. The molecule has 0 aromatic carbocycles. The van der Waals surface area contributed by atoms with E-state index in [4.69, 9.17) is 27.8 Å². The smallest absolute Gasteiger partial charge is 0.235 e. The van der Waals surface area contributed by atoms with Crippen LogP contribution in [0.4, 0.5) is 0 Å². The summed E-state index contributed by atoms with van der Waals surface area (Å²) in [5, 5.41) is 9.08. The van der Waals surface area contributed by atoms with Gasteiger partial charge < -0.3 is 20.5 Å². The molecule has 17 heavy (non-hydrogen) atoms. The second kappa shape index (κ2) is 5.29. The molecule has 5 nitrogen and oxygen atoms in total. The Labute approximate surface area is 107 Å². The van der Waals surface area contributed by atoms with Crippen molar-refractivity contribution in [3.8, 4) is 0 Å². The minimum Gasteiger partial charge on any atom is -0.394 e. The van der Waals surface area contributed by atoms with Gasteiger partial charge in [-0.25, -0.2) is 0 Å². The van der Waals surface area contributed by atoms with Crippen molar-refractivity contribution in [3.05, 3.63) is 0 Å². The molecule has 0 saturated carbocycles. The average molecular weight is 260 g/mol. The lowest BCUT2D eigenvalue weighted by atomic mass is 9.90. The van der Waals surface area contributed by atoms with Gasteiger partial charge in [-0.3, -0.25) is 4.79 Å². The van der Waals surface area contributed by atoms with Crippen LogP contribution in [0.15, 0.2) is 0 Å². The zero-order valence-corrected chi connectivity index (χ0v) is 11.3. The maximum Gasteiger partial charge on any atom is 0.235 e. The van der Waals surface area contributed by atoms with E-state index < -0.39 is 5.41 Å². The summed E-state index contributed by atoms with van der Waals surface area (Å²) in [6.45, 7) is 6.04. The predicted molar refractivity (Wildman–Crippen MR) is 68.6 cm³/mol. The van der Waals surface area contributed by atoms with Gasteiger partial charge >= 0.3 is 0 Å². The van der Waals surface area contributed by atoms with Crippen LogP contribution >= 0.6 is 12.2 Å². The summed E-state index contributed by atoms with van der Waals surface area (Å²) < 4.78 is 5.38. The monoisotopic (exact) mass is 260 g/mol. The van der Waals surface area contributed by atoms with E-state index in [1.807, 2.05) is 6.92 Å². The quantitative estimate of drug-likeness (QED) is 0.693. The number of aliphatic hydroxyl groups is 1. The second-order valence-electron chi connectivity index (χ2n) is 4.93. The summed E-state index contributed by atoms with van der Waals surface area (Å²) >= 11 is 4.92. The first kappa shape index (κ1) is 14.3. The van der Waals surface area contributed by atoms with Crippen LogP contribution in [0.3, 0.4) is 0 Å². The topological polar surface area (TPSA) is 75.8 Å². The second-order valence-corrected chi connectivity index (χ2v) is 5.37. The first-order chi connectivity index (χ1) is 7.80. The number of nitrogens with zero attached hydrogens (tertiary/aromatic N) is 1. The number of nitrogens with two attached hydrogens (primary N) is 1. The fourth-order valence-electron chi connectivity index (χ4n) is 1.68. The van der Waals surface area contributed by atoms with Crippen LogP contribution in [0.1, 0.15) is 20.8 Å². The number of amides is 1. The van der Waals surface area contributed by atoms with Crippen LogP contribution < -0.4 is 5.73 Å². The number of aliphatic hydroxyl groups excluding tert-OH is 1. The molecule has 0 aromatic rings. The van der Waals surface area contributed by atoms with E-state index in [9.17, 15) is 4.79 Å². The molecule has 2 unspecified atom stereocenters. The zero-order chi connectivity index (χ0) is 13.2. The van der Waals surface area contributed by atoms with Crippen LogP contribution in [0.2, 0.25) is 0 Å². The molecule has 1 aliphatic heterocycles. The van der Waals surface area contributed by atoms with E-state index in [0.29, 0.717) is 13.2 Å². The lowest BCUT2D eigenvalue weighted by Crippen LogP contribution is -2.57. The average Bonchev–Trinajstić information content (AvgIpc) is 2.28. The molecule has 0 aromatic heterocycles. The molecule has 1 aliphatic rings. The Morgan fingerprint density at radius 1 is 1.65 bits per heavy atom. The molecule has 1 rings (SSSR count). The van der Waals surface area contributed by atoms with E-state index in [1.165, 1.54) is 0 Å². The molecule has 1 saturated heterocycles. The maximum absolute atomic E-state index is 12.4. The Kier molecular flexibility index (Phi) is 4.46. The van der Waals surface area contributed by atoms with Gasteiger partial charge in [-0.1, -0.05) is 12.2 Å². The Hall–Kier alpha value is -0.720. The Morgan fingerprint density at radius 3 is 2.71 bits per heavy atom. The van der Waals surface area contributed by atoms with Crippen molar-refractivity contribution in [1.82, 2.24) is 4.90 Å². The van der Waals surface area contributed by atoms with Crippen molar-refractivity contribution in [3.63, 3.8) is 0 Å². The number of carbonyl (C=O) groups is 1. The SMILES string of the molecule is CC1COC(CO)CN1C(=O)C(C)(C)C(N)=S. The van der Waals surface area contributed by atoms with Gasteiger partial charge in [0, 0.05) is 6.54 Å². The first-order valence-corrected chi connectivity index (χ1v) is 6.05. The van der Waals surface area contributed by atoms with Gasteiger partial charge in [-0.2, -0.15) is 0 Å². The number of hydrogen-bond donors (Lipinski definition) is 2. The van der Waals surface area contributed by atoms with E-state index in [-0.39, 0.29) is 29.6 Å². The first-order valence-electron chi connectivity index (χ1n) is 5.64. The normalized spacial score (nSPS) is 25.8. The van der Waals surface area contributed by atoms with Crippen molar-refractivity contribution in [2.24, 2.45) is 11.1 Å². The molecule has 0 bridgehead atoms. The van der Waals surface area contributed by atoms with Crippen molar-refractivity contribution in [2.45, 2.75) is 32.9 Å². The van der Waals surface area contributed by atoms with E-state index in [2.05, 4.69) is 0 Å². The van der Waals surface area contributed by atoms with Crippen LogP contribution in [-0.4, -0.2) is 52.8 Å². The number of ether oxygens (including phenoxy) is 1. The fraction of sp³-hybridized carbons (Fsp3) is 0.818. The molecule has 0 spiro atoms. The number of morpholine rings is 1. The third-order valence-electron chi connectivity index (χ3n) is 3.12. The van der Waals surface area contributed by atoms with Gasteiger partial charge in [0.15, 0.2) is 0 Å². The predicted octanol–water partition coefficient (Wildman–Crippen LogP) is -0.0931.